The largest absolute Gasteiger partial charge is 0.348 e. The van der Waals surface area contributed by atoms with Gasteiger partial charge in [-0.15, -0.1) is 5.10 Å². The minimum absolute atomic E-state index is 0.0336. The number of ketones is 1. The highest BCUT2D eigenvalue weighted by molar-refractivity contribution is 5.95. The highest BCUT2D eigenvalue weighted by atomic mass is 19.1. The average molecular weight is 432 g/mol. The highest BCUT2D eigenvalue weighted by Gasteiger charge is 2.28. The van der Waals surface area contributed by atoms with Crippen LogP contribution in [-0.4, -0.2) is 26.9 Å². The summed E-state index contributed by atoms with van der Waals surface area (Å²) in [7, 11) is 0. The first-order chi connectivity index (χ1) is 15.6. The van der Waals surface area contributed by atoms with E-state index in [2.05, 4.69) is 9.88 Å². The summed E-state index contributed by atoms with van der Waals surface area (Å²) in [5.74, 6) is 0.0593. The molecule has 2 aromatic carbocycles. The van der Waals surface area contributed by atoms with Gasteiger partial charge in [-0.05, 0) is 66.8 Å². The maximum atomic E-state index is 13.8. The van der Waals surface area contributed by atoms with Gasteiger partial charge in [-0.25, -0.2) is 18.3 Å². The van der Waals surface area contributed by atoms with Crippen LogP contribution in [0.3, 0.4) is 0 Å². The lowest BCUT2D eigenvalue weighted by Crippen LogP contribution is -2.24. The van der Waals surface area contributed by atoms with Crippen LogP contribution in [-0.2, 0) is 6.42 Å². The van der Waals surface area contributed by atoms with Gasteiger partial charge in [-0.2, -0.15) is 0 Å². The van der Waals surface area contributed by atoms with Gasteiger partial charge in [0.2, 0.25) is 0 Å². The third-order valence-corrected chi connectivity index (χ3v) is 5.94. The summed E-state index contributed by atoms with van der Waals surface area (Å²) in [5, 5.41) is 4.71. The van der Waals surface area contributed by atoms with Crippen LogP contribution >= 0.6 is 0 Å². The Bertz CT molecular complexity index is 1290. The normalized spacial score (nSPS) is 16.1. The number of halogens is 2. The molecule has 1 aliphatic heterocycles. The number of nitrogens with zero attached hydrogens (tertiary/aromatic N) is 4. The van der Waals surface area contributed by atoms with Crippen molar-refractivity contribution in [2.24, 2.45) is 0 Å². The van der Waals surface area contributed by atoms with Gasteiger partial charge in [0.15, 0.2) is 11.4 Å². The molecule has 0 N–H and O–H groups in total. The van der Waals surface area contributed by atoms with Crippen molar-refractivity contribution >= 4 is 17.2 Å². The quantitative estimate of drug-likeness (QED) is 0.395. The first-order valence-electron chi connectivity index (χ1n) is 10.7. The zero-order valence-electron chi connectivity index (χ0n) is 17.4. The number of hydrogen-bond donors (Lipinski definition) is 0. The zero-order valence-corrected chi connectivity index (χ0v) is 17.4. The molecule has 32 heavy (non-hydrogen) atoms. The summed E-state index contributed by atoms with van der Waals surface area (Å²) in [6.45, 7) is 0.803. The van der Waals surface area contributed by atoms with Gasteiger partial charge >= 0.3 is 0 Å². The Labute approximate surface area is 184 Å². The number of benzene rings is 2. The van der Waals surface area contributed by atoms with Crippen LogP contribution < -0.4 is 4.90 Å². The van der Waals surface area contributed by atoms with Gasteiger partial charge in [0.25, 0.3) is 0 Å². The molecule has 3 heterocycles. The number of Topliss-reactive ketones (excluding diaryl/α,β-unsaturated/α-hetero) is 1. The van der Waals surface area contributed by atoms with Crippen molar-refractivity contribution in [2.75, 3.05) is 11.4 Å². The number of carbonyl (C=O) groups is 1. The Balaban J connectivity index is 1.40. The Kier molecular flexibility index (Phi) is 5.39. The second-order valence-electron chi connectivity index (χ2n) is 8.06. The number of aryl methyl sites for hydroxylation is 1. The second-order valence-corrected chi connectivity index (χ2v) is 8.06. The Morgan fingerprint density at radius 1 is 1.03 bits per heavy atom. The van der Waals surface area contributed by atoms with Gasteiger partial charge < -0.3 is 4.90 Å². The summed E-state index contributed by atoms with van der Waals surface area (Å²) < 4.78 is 28.8. The first kappa shape index (κ1) is 20.3. The lowest BCUT2D eigenvalue weighted by Gasteiger charge is -2.26. The Hall–Kier alpha value is -3.61. The van der Waals surface area contributed by atoms with E-state index in [4.69, 9.17) is 5.10 Å². The minimum Gasteiger partial charge on any atom is -0.348 e. The van der Waals surface area contributed by atoms with Crippen molar-refractivity contribution in [3.63, 3.8) is 0 Å². The van der Waals surface area contributed by atoms with Gasteiger partial charge in [0.1, 0.15) is 23.1 Å². The minimum atomic E-state index is -0.311. The molecule has 0 bridgehead atoms. The average Bonchev–Trinajstić information content (AvgIpc) is 3.44. The molecular weight excluding hydrogens is 410 g/mol. The van der Waals surface area contributed by atoms with Crippen LogP contribution in [0.4, 0.5) is 14.6 Å². The molecule has 0 radical (unpaired) electrons. The Morgan fingerprint density at radius 2 is 1.84 bits per heavy atom. The third kappa shape index (κ3) is 3.98. The summed E-state index contributed by atoms with van der Waals surface area (Å²) in [6.07, 6.45) is 4.10. The molecule has 1 atom stereocenters. The van der Waals surface area contributed by atoms with E-state index in [9.17, 15) is 13.6 Å². The lowest BCUT2D eigenvalue weighted by atomic mass is 10.0. The molecule has 162 valence electrons. The van der Waals surface area contributed by atoms with Crippen LogP contribution in [0.15, 0.2) is 66.9 Å². The van der Waals surface area contributed by atoms with Crippen molar-refractivity contribution in [3.05, 3.63) is 95.3 Å². The Morgan fingerprint density at radius 3 is 2.66 bits per heavy atom. The molecule has 0 saturated carbocycles. The molecule has 1 unspecified atom stereocenters. The van der Waals surface area contributed by atoms with E-state index in [0.717, 1.165) is 36.3 Å². The van der Waals surface area contributed by atoms with Crippen LogP contribution in [0.5, 0.6) is 0 Å². The molecule has 4 aromatic rings. The van der Waals surface area contributed by atoms with Gasteiger partial charge in [0.05, 0.1) is 12.2 Å². The van der Waals surface area contributed by atoms with Crippen LogP contribution in [0.1, 0.15) is 46.9 Å². The van der Waals surface area contributed by atoms with Gasteiger partial charge in [0, 0.05) is 13.0 Å². The van der Waals surface area contributed by atoms with Crippen molar-refractivity contribution in [1.29, 1.82) is 0 Å². The number of fused-ring (bicyclic) bond motifs is 1. The smallest absolute Gasteiger partial charge is 0.183 e. The number of hydrogen-bond acceptors (Lipinski definition) is 4. The summed E-state index contributed by atoms with van der Waals surface area (Å²) in [5.41, 5.74) is 2.68. The van der Waals surface area contributed by atoms with Crippen molar-refractivity contribution in [1.82, 2.24) is 14.6 Å². The molecule has 2 aromatic heterocycles. The van der Waals surface area contributed by atoms with E-state index < -0.39 is 0 Å². The molecule has 0 amide bonds. The van der Waals surface area contributed by atoms with Crippen molar-refractivity contribution in [2.45, 2.75) is 31.7 Å². The highest BCUT2D eigenvalue weighted by Crippen LogP contribution is 2.35. The molecule has 7 heteroatoms. The van der Waals surface area contributed by atoms with Crippen molar-refractivity contribution < 1.29 is 13.6 Å². The van der Waals surface area contributed by atoms with Gasteiger partial charge in [-0.3, -0.25) is 4.79 Å². The maximum absolute atomic E-state index is 13.8. The van der Waals surface area contributed by atoms with E-state index in [1.54, 1.807) is 28.8 Å². The first-order valence-corrected chi connectivity index (χ1v) is 10.7. The SMILES string of the molecule is O=C(CCc1cccc(F)c1)c1cnc2ccc(N3CCCC3c3cccc(F)c3)nn12. The van der Waals surface area contributed by atoms with Crippen molar-refractivity contribution in [3.8, 4) is 0 Å². The van der Waals surface area contributed by atoms with E-state index >= 15 is 0 Å². The number of rotatable bonds is 6. The monoisotopic (exact) mass is 432 g/mol. The molecule has 1 saturated heterocycles. The number of anilines is 1. The molecule has 1 aliphatic rings. The number of imidazole rings is 1. The van der Waals surface area contributed by atoms with Crippen LogP contribution in [0, 0.1) is 11.6 Å². The molecule has 0 spiro atoms. The molecule has 5 rings (SSSR count). The standard InChI is InChI=1S/C25H22F2N4O/c26-19-6-1-4-17(14-19)9-10-23(32)22-16-28-24-11-12-25(29-31(22)24)30-13-3-8-21(30)18-5-2-7-20(27)15-18/h1-2,4-7,11-12,14-16,21H,3,8-10,13H2. The molecule has 1 fully saturated rings. The molecule has 5 nitrogen and oxygen atoms in total. The zero-order chi connectivity index (χ0) is 22.1. The van der Waals surface area contributed by atoms with Gasteiger partial charge in [-0.1, -0.05) is 24.3 Å². The topological polar surface area (TPSA) is 50.5 Å². The van der Waals surface area contributed by atoms with E-state index in [-0.39, 0.29) is 29.9 Å². The third-order valence-electron chi connectivity index (χ3n) is 5.94. The summed E-state index contributed by atoms with van der Waals surface area (Å²) in [6, 6.07) is 16.7. The summed E-state index contributed by atoms with van der Waals surface area (Å²) >= 11 is 0. The maximum Gasteiger partial charge on any atom is 0.183 e. The molecular formula is C25H22F2N4O. The summed E-state index contributed by atoms with van der Waals surface area (Å²) in [4.78, 5) is 19.3. The van der Waals surface area contributed by atoms with Crippen LogP contribution in [0.25, 0.3) is 5.65 Å². The fourth-order valence-corrected chi connectivity index (χ4v) is 4.39. The predicted molar refractivity (Wildman–Crippen MR) is 118 cm³/mol. The van der Waals surface area contributed by atoms with Crippen LogP contribution in [0.2, 0.25) is 0 Å². The van der Waals surface area contributed by atoms with E-state index in [0.29, 0.717) is 17.8 Å². The fraction of sp³-hybridized carbons (Fsp3) is 0.240. The number of aromatic nitrogens is 3. The predicted octanol–water partition coefficient (Wildman–Crippen LogP) is 5.16. The molecule has 0 aliphatic carbocycles. The van der Waals surface area contributed by atoms with E-state index in [1.165, 1.54) is 24.4 Å². The van der Waals surface area contributed by atoms with E-state index in [1.807, 2.05) is 18.2 Å². The number of carbonyl (C=O) groups excluding carboxylic acids is 1. The second kappa shape index (κ2) is 8.49. The lowest BCUT2D eigenvalue weighted by molar-refractivity contribution is 0.0976. The fourth-order valence-electron chi connectivity index (χ4n) is 4.39.